The van der Waals surface area contributed by atoms with Crippen molar-refractivity contribution >= 4 is 9.84 Å². The second-order valence-corrected chi connectivity index (χ2v) is 12.9. The van der Waals surface area contributed by atoms with Gasteiger partial charge < -0.3 is 0 Å². The van der Waals surface area contributed by atoms with Crippen LogP contribution in [-0.4, -0.2) is 14.2 Å². The first-order chi connectivity index (χ1) is 15.0. The summed E-state index contributed by atoms with van der Waals surface area (Å²) in [5.41, 5.74) is 1.69. The maximum atomic E-state index is 13.5. The van der Waals surface area contributed by atoms with Crippen molar-refractivity contribution in [2.24, 2.45) is 29.1 Å². The highest BCUT2D eigenvalue weighted by atomic mass is 32.2. The van der Waals surface area contributed by atoms with E-state index in [-0.39, 0.29) is 11.7 Å². The summed E-state index contributed by atoms with van der Waals surface area (Å²) < 4.78 is 27.0. The highest BCUT2D eigenvalue weighted by molar-refractivity contribution is 7.91. The van der Waals surface area contributed by atoms with Crippen LogP contribution in [0.15, 0.2) is 65.6 Å². The number of rotatable bonds is 8. The molecule has 0 unspecified atom stereocenters. The lowest BCUT2D eigenvalue weighted by molar-refractivity contribution is -0.0656. The van der Waals surface area contributed by atoms with Crippen molar-refractivity contribution in [1.29, 1.82) is 0 Å². The van der Waals surface area contributed by atoms with E-state index in [1.54, 1.807) is 12.1 Å². The van der Waals surface area contributed by atoms with Crippen molar-refractivity contribution in [1.82, 2.24) is 0 Å². The topological polar surface area (TPSA) is 34.1 Å². The second-order valence-electron chi connectivity index (χ2n) is 10.9. The van der Waals surface area contributed by atoms with Gasteiger partial charge in [-0.25, -0.2) is 8.42 Å². The van der Waals surface area contributed by atoms with Gasteiger partial charge in [-0.2, -0.15) is 0 Å². The van der Waals surface area contributed by atoms with Crippen LogP contribution in [0.3, 0.4) is 0 Å². The molecule has 2 nitrogen and oxygen atoms in total. The normalized spacial score (nSPS) is 31.5. The Hall–Kier alpha value is -1.61. The average Bonchev–Trinajstić information content (AvgIpc) is 2.74. The molecule has 0 heterocycles. The fourth-order valence-electron chi connectivity index (χ4n) is 7.96. The number of hydrogen-bond acceptors (Lipinski definition) is 2. The molecule has 0 aromatic heterocycles. The van der Waals surface area contributed by atoms with Crippen LogP contribution in [0.2, 0.25) is 0 Å². The van der Waals surface area contributed by atoms with Gasteiger partial charge >= 0.3 is 0 Å². The van der Waals surface area contributed by atoms with Gasteiger partial charge in [0.2, 0.25) is 0 Å². The minimum absolute atomic E-state index is 0.175. The molecule has 4 bridgehead atoms. The standard InChI is InChI=1S/C28H36O2S/c1-2-27(24-9-5-3-6-10-24)25(20-31(29,30)26-11-7-4-8-12-26)19-28-16-21-13-22(17-28)15-23(14-21)18-28/h3-12,21-23,25,27H,2,13-20H2,1H3/t21?,22?,23?,25-,27+,28?/m1/s1. The molecule has 0 spiro atoms. The molecule has 4 aliphatic carbocycles. The Kier molecular flexibility index (Phi) is 5.75. The van der Waals surface area contributed by atoms with Gasteiger partial charge in [-0.1, -0.05) is 55.5 Å². The highest BCUT2D eigenvalue weighted by Gasteiger charge is 2.52. The molecule has 2 atom stereocenters. The van der Waals surface area contributed by atoms with Crippen LogP contribution in [0.1, 0.15) is 69.8 Å². The molecular weight excluding hydrogens is 400 g/mol. The van der Waals surface area contributed by atoms with Gasteiger partial charge in [-0.05, 0) is 104 Å². The fraction of sp³-hybridized carbons (Fsp3) is 0.571. The minimum atomic E-state index is -3.31. The summed E-state index contributed by atoms with van der Waals surface area (Å²) in [7, 11) is -3.31. The summed E-state index contributed by atoms with van der Waals surface area (Å²) in [5.74, 6) is 3.44. The zero-order valence-corrected chi connectivity index (χ0v) is 19.6. The lowest BCUT2D eigenvalue weighted by Crippen LogP contribution is -2.47. The van der Waals surface area contributed by atoms with Gasteiger partial charge in [0.05, 0.1) is 10.6 Å². The van der Waals surface area contributed by atoms with Gasteiger partial charge in [0.25, 0.3) is 0 Å². The van der Waals surface area contributed by atoms with Crippen LogP contribution in [0.5, 0.6) is 0 Å². The molecule has 2 aromatic rings. The van der Waals surface area contributed by atoms with Gasteiger partial charge in [0, 0.05) is 0 Å². The van der Waals surface area contributed by atoms with Crippen molar-refractivity contribution in [3.63, 3.8) is 0 Å². The van der Waals surface area contributed by atoms with E-state index < -0.39 is 9.84 Å². The highest BCUT2D eigenvalue weighted by Crippen LogP contribution is 2.62. The van der Waals surface area contributed by atoms with Crippen molar-refractivity contribution < 1.29 is 8.42 Å². The Labute approximate surface area is 188 Å². The molecule has 0 saturated heterocycles. The molecular formula is C28H36O2S. The summed E-state index contributed by atoms with van der Waals surface area (Å²) in [6.45, 7) is 2.24. The van der Waals surface area contributed by atoms with Gasteiger partial charge in [-0.15, -0.1) is 0 Å². The SMILES string of the molecule is CC[C@@H](c1ccccc1)[C@H](CC12CC3CC(CC(C3)C1)C2)CS(=O)(=O)c1ccccc1. The van der Waals surface area contributed by atoms with Crippen molar-refractivity contribution in [2.45, 2.75) is 69.1 Å². The predicted octanol–water partition coefficient (Wildman–Crippen LogP) is 6.88. The maximum absolute atomic E-state index is 13.5. The predicted molar refractivity (Wildman–Crippen MR) is 127 cm³/mol. The van der Waals surface area contributed by atoms with E-state index in [4.69, 9.17) is 0 Å². The largest absolute Gasteiger partial charge is 0.224 e. The van der Waals surface area contributed by atoms with Crippen molar-refractivity contribution in [2.75, 3.05) is 5.75 Å². The van der Waals surface area contributed by atoms with Crippen LogP contribution < -0.4 is 0 Å². The van der Waals surface area contributed by atoms with Crippen molar-refractivity contribution in [3.05, 3.63) is 66.2 Å². The van der Waals surface area contributed by atoms with Crippen LogP contribution in [0.25, 0.3) is 0 Å². The zero-order valence-electron chi connectivity index (χ0n) is 18.7. The van der Waals surface area contributed by atoms with E-state index in [1.165, 1.54) is 44.1 Å². The molecule has 0 amide bonds. The van der Waals surface area contributed by atoms with Crippen LogP contribution in [-0.2, 0) is 9.84 Å². The van der Waals surface area contributed by atoms with E-state index in [0.717, 1.165) is 30.6 Å². The van der Waals surface area contributed by atoms with Crippen molar-refractivity contribution in [3.8, 4) is 0 Å². The van der Waals surface area contributed by atoms with E-state index >= 15 is 0 Å². The van der Waals surface area contributed by atoms with E-state index in [1.807, 2.05) is 18.2 Å². The second kappa shape index (κ2) is 8.39. The molecule has 0 radical (unpaired) electrons. The third kappa shape index (κ3) is 4.35. The summed E-state index contributed by atoms with van der Waals surface area (Å²) in [6, 6.07) is 19.8. The van der Waals surface area contributed by atoms with Crippen LogP contribution in [0.4, 0.5) is 0 Å². The maximum Gasteiger partial charge on any atom is 0.178 e. The molecule has 6 rings (SSSR count). The Morgan fingerprint density at radius 1 is 0.839 bits per heavy atom. The quantitative estimate of drug-likeness (QED) is 0.452. The summed E-state index contributed by atoms with van der Waals surface area (Å²) in [6.07, 6.45) is 10.4. The van der Waals surface area contributed by atoms with E-state index in [9.17, 15) is 8.42 Å². The third-order valence-corrected chi connectivity index (χ3v) is 10.5. The Bertz CT molecular complexity index is 945. The molecule has 166 valence electrons. The Morgan fingerprint density at radius 2 is 1.35 bits per heavy atom. The third-order valence-electron chi connectivity index (χ3n) is 8.63. The average molecular weight is 437 g/mol. The Balaban J connectivity index is 1.47. The van der Waals surface area contributed by atoms with Crippen LogP contribution >= 0.6 is 0 Å². The summed E-state index contributed by atoms with van der Waals surface area (Å²) >= 11 is 0. The molecule has 3 heteroatoms. The first-order valence-electron chi connectivity index (χ1n) is 12.3. The molecule has 4 saturated carbocycles. The molecule has 4 aliphatic rings. The number of sulfone groups is 1. The van der Waals surface area contributed by atoms with Gasteiger partial charge in [0.15, 0.2) is 9.84 Å². The summed E-state index contributed by atoms with van der Waals surface area (Å²) in [5, 5.41) is 0. The zero-order chi connectivity index (χ0) is 21.5. The van der Waals surface area contributed by atoms with E-state index in [0.29, 0.717) is 16.2 Å². The fourth-order valence-corrected chi connectivity index (χ4v) is 9.64. The van der Waals surface area contributed by atoms with Gasteiger partial charge in [-0.3, -0.25) is 0 Å². The molecule has 0 aliphatic heterocycles. The molecule has 0 N–H and O–H groups in total. The number of benzene rings is 2. The van der Waals surface area contributed by atoms with Crippen LogP contribution in [0, 0.1) is 29.1 Å². The Morgan fingerprint density at radius 3 is 1.87 bits per heavy atom. The lowest BCUT2D eigenvalue weighted by atomic mass is 9.47. The molecule has 4 fully saturated rings. The smallest absolute Gasteiger partial charge is 0.178 e. The van der Waals surface area contributed by atoms with Gasteiger partial charge in [0.1, 0.15) is 0 Å². The first kappa shape index (κ1) is 21.2. The monoisotopic (exact) mass is 436 g/mol. The lowest BCUT2D eigenvalue weighted by Gasteiger charge is -2.58. The summed E-state index contributed by atoms with van der Waals surface area (Å²) in [4.78, 5) is 0.480. The van der Waals surface area contributed by atoms with E-state index in [2.05, 4.69) is 37.3 Å². The number of hydrogen-bond donors (Lipinski definition) is 0. The first-order valence-corrected chi connectivity index (χ1v) is 13.9. The molecule has 31 heavy (non-hydrogen) atoms. The minimum Gasteiger partial charge on any atom is -0.224 e. The molecule has 2 aromatic carbocycles.